The standard InChI is InChI=1S/C17H16FNO3/c18-15-6-2-4-13(10-15)11-16(20)19-8-7-12-3-1-5-14(9-12)17(21)22/h1-6,9-10H,7-8,11H2,(H,19,20)(H,21,22). The monoisotopic (exact) mass is 301 g/mol. The number of hydrogen-bond donors (Lipinski definition) is 2. The molecule has 114 valence electrons. The van der Waals surface area contributed by atoms with Crippen LogP contribution in [0, 0.1) is 5.82 Å². The lowest BCUT2D eigenvalue weighted by molar-refractivity contribution is -0.120. The highest BCUT2D eigenvalue weighted by atomic mass is 19.1. The van der Waals surface area contributed by atoms with E-state index in [1.54, 1.807) is 24.3 Å². The summed E-state index contributed by atoms with van der Waals surface area (Å²) in [4.78, 5) is 22.6. The lowest BCUT2D eigenvalue weighted by Gasteiger charge is -2.06. The van der Waals surface area contributed by atoms with Gasteiger partial charge in [-0.3, -0.25) is 4.79 Å². The molecule has 0 fully saturated rings. The Morgan fingerprint density at radius 2 is 1.77 bits per heavy atom. The minimum absolute atomic E-state index is 0.118. The summed E-state index contributed by atoms with van der Waals surface area (Å²) in [5.74, 6) is -1.53. The first kappa shape index (κ1) is 15.7. The average Bonchev–Trinajstić information content (AvgIpc) is 2.47. The van der Waals surface area contributed by atoms with Gasteiger partial charge < -0.3 is 10.4 Å². The molecule has 22 heavy (non-hydrogen) atoms. The number of amides is 1. The lowest BCUT2D eigenvalue weighted by Crippen LogP contribution is -2.27. The van der Waals surface area contributed by atoms with Crippen LogP contribution in [0.3, 0.4) is 0 Å². The van der Waals surface area contributed by atoms with Crippen molar-refractivity contribution in [3.05, 3.63) is 71.0 Å². The van der Waals surface area contributed by atoms with Crippen molar-refractivity contribution in [2.45, 2.75) is 12.8 Å². The van der Waals surface area contributed by atoms with E-state index in [0.717, 1.165) is 5.56 Å². The zero-order valence-corrected chi connectivity index (χ0v) is 11.9. The van der Waals surface area contributed by atoms with Gasteiger partial charge in [-0.05, 0) is 41.8 Å². The van der Waals surface area contributed by atoms with Gasteiger partial charge in [0.05, 0.1) is 12.0 Å². The van der Waals surface area contributed by atoms with Gasteiger partial charge in [-0.1, -0.05) is 24.3 Å². The molecule has 0 aliphatic rings. The van der Waals surface area contributed by atoms with Crippen molar-refractivity contribution in [3.8, 4) is 0 Å². The van der Waals surface area contributed by atoms with Crippen molar-refractivity contribution in [2.75, 3.05) is 6.54 Å². The van der Waals surface area contributed by atoms with Gasteiger partial charge in [0, 0.05) is 6.54 Å². The zero-order valence-electron chi connectivity index (χ0n) is 11.9. The molecule has 0 aliphatic heterocycles. The number of carbonyl (C=O) groups is 2. The van der Waals surface area contributed by atoms with Gasteiger partial charge in [-0.25, -0.2) is 9.18 Å². The highest BCUT2D eigenvalue weighted by molar-refractivity contribution is 5.87. The summed E-state index contributed by atoms with van der Waals surface area (Å²) in [5.41, 5.74) is 1.68. The fourth-order valence-corrected chi connectivity index (χ4v) is 2.10. The van der Waals surface area contributed by atoms with E-state index in [1.165, 1.54) is 18.2 Å². The second-order valence-corrected chi connectivity index (χ2v) is 4.91. The van der Waals surface area contributed by atoms with Crippen LogP contribution >= 0.6 is 0 Å². The second-order valence-electron chi connectivity index (χ2n) is 4.91. The minimum Gasteiger partial charge on any atom is -0.478 e. The molecule has 0 atom stereocenters. The summed E-state index contributed by atoms with van der Waals surface area (Å²) in [7, 11) is 0. The minimum atomic E-state index is -0.975. The third-order valence-electron chi connectivity index (χ3n) is 3.16. The van der Waals surface area contributed by atoms with Gasteiger partial charge in [0.1, 0.15) is 5.82 Å². The first-order chi connectivity index (χ1) is 10.5. The van der Waals surface area contributed by atoms with Crippen LogP contribution < -0.4 is 5.32 Å². The predicted molar refractivity (Wildman–Crippen MR) is 80.2 cm³/mol. The molecule has 2 aromatic rings. The smallest absolute Gasteiger partial charge is 0.335 e. The van der Waals surface area contributed by atoms with Crippen LogP contribution in [0.2, 0.25) is 0 Å². The molecule has 0 spiro atoms. The highest BCUT2D eigenvalue weighted by Gasteiger charge is 2.05. The SMILES string of the molecule is O=C(Cc1cccc(F)c1)NCCc1cccc(C(=O)O)c1. The fourth-order valence-electron chi connectivity index (χ4n) is 2.10. The summed E-state index contributed by atoms with van der Waals surface area (Å²) < 4.78 is 13.0. The first-order valence-electron chi connectivity index (χ1n) is 6.88. The molecular weight excluding hydrogens is 285 g/mol. The third-order valence-corrected chi connectivity index (χ3v) is 3.16. The molecule has 0 saturated heterocycles. The Morgan fingerprint density at radius 3 is 2.50 bits per heavy atom. The number of rotatable bonds is 6. The van der Waals surface area contributed by atoms with Crippen molar-refractivity contribution in [1.82, 2.24) is 5.32 Å². The number of carbonyl (C=O) groups excluding carboxylic acids is 1. The predicted octanol–water partition coefficient (Wildman–Crippen LogP) is 2.43. The Balaban J connectivity index is 1.82. The van der Waals surface area contributed by atoms with Gasteiger partial charge in [0.15, 0.2) is 0 Å². The van der Waals surface area contributed by atoms with Crippen LogP contribution in [-0.4, -0.2) is 23.5 Å². The van der Waals surface area contributed by atoms with E-state index < -0.39 is 5.97 Å². The molecule has 0 radical (unpaired) electrons. The average molecular weight is 301 g/mol. The van der Waals surface area contributed by atoms with Crippen LogP contribution in [-0.2, 0) is 17.6 Å². The normalized spacial score (nSPS) is 10.2. The van der Waals surface area contributed by atoms with Crippen molar-refractivity contribution in [2.24, 2.45) is 0 Å². The summed E-state index contributed by atoms with van der Waals surface area (Å²) in [6, 6.07) is 12.5. The Morgan fingerprint density at radius 1 is 1.05 bits per heavy atom. The molecule has 0 bridgehead atoms. The van der Waals surface area contributed by atoms with E-state index in [1.807, 2.05) is 6.07 Å². The van der Waals surface area contributed by atoms with Crippen LogP contribution in [0.25, 0.3) is 0 Å². The molecule has 0 saturated carbocycles. The molecular formula is C17H16FNO3. The number of halogens is 1. The van der Waals surface area contributed by atoms with E-state index in [9.17, 15) is 14.0 Å². The summed E-state index contributed by atoms with van der Waals surface area (Å²) >= 11 is 0. The second kappa shape index (κ2) is 7.36. The number of nitrogens with one attached hydrogen (secondary N) is 1. The molecule has 4 nitrogen and oxygen atoms in total. The number of carboxylic acid groups (broad SMARTS) is 1. The van der Waals surface area contributed by atoms with Gasteiger partial charge in [-0.15, -0.1) is 0 Å². The van der Waals surface area contributed by atoms with Crippen LogP contribution in [0.1, 0.15) is 21.5 Å². The number of benzene rings is 2. The zero-order chi connectivity index (χ0) is 15.9. The summed E-state index contributed by atoms with van der Waals surface area (Å²) in [6.45, 7) is 0.400. The molecule has 0 unspecified atom stereocenters. The van der Waals surface area contributed by atoms with Crippen molar-refractivity contribution >= 4 is 11.9 Å². The Bertz CT molecular complexity index is 685. The molecule has 0 aromatic heterocycles. The van der Waals surface area contributed by atoms with E-state index in [-0.39, 0.29) is 23.7 Å². The van der Waals surface area contributed by atoms with E-state index in [4.69, 9.17) is 5.11 Å². The molecule has 5 heteroatoms. The fraction of sp³-hybridized carbons (Fsp3) is 0.176. The van der Waals surface area contributed by atoms with Crippen molar-refractivity contribution in [3.63, 3.8) is 0 Å². The Hall–Kier alpha value is -2.69. The Labute approximate surface area is 127 Å². The maximum absolute atomic E-state index is 13.0. The summed E-state index contributed by atoms with van der Waals surface area (Å²) in [5, 5.41) is 11.6. The van der Waals surface area contributed by atoms with E-state index >= 15 is 0 Å². The molecule has 2 rings (SSSR count). The lowest BCUT2D eigenvalue weighted by atomic mass is 10.1. The number of hydrogen-bond acceptors (Lipinski definition) is 2. The van der Waals surface area contributed by atoms with E-state index in [0.29, 0.717) is 18.5 Å². The van der Waals surface area contributed by atoms with Gasteiger partial charge in [-0.2, -0.15) is 0 Å². The van der Waals surface area contributed by atoms with Crippen LogP contribution in [0.4, 0.5) is 4.39 Å². The topological polar surface area (TPSA) is 66.4 Å². The maximum atomic E-state index is 13.0. The largest absolute Gasteiger partial charge is 0.478 e. The van der Waals surface area contributed by atoms with Crippen LogP contribution in [0.5, 0.6) is 0 Å². The molecule has 2 N–H and O–H groups in total. The number of aromatic carboxylic acids is 1. The van der Waals surface area contributed by atoms with Gasteiger partial charge in [0.25, 0.3) is 0 Å². The molecule has 0 heterocycles. The third kappa shape index (κ3) is 4.70. The van der Waals surface area contributed by atoms with E-state index in [2.05, 4.69) is 5.32 Å². The first-order valence-corrected chi connectivity index (χ1v) is 6.88. The molecule has 0 aliphatic carbocycles. The van der Waals surface area contributed by atoms with Crippen LogP contribution in [0.15, 0.2) is 48.5 Å². The summed E-state index contributed by atoms with van der Waals surface area (Å²) in [6.07, 6.45) is 0.656. The van der Waals surface area contributed by atoms with Crippen molar-refractivity contribution in [1.29, 1.82) is 0 Å². The quantitative estimate of drug-likeness (QED) is 0.861. The van der Waals surface area contributed by atoms with Gasteiger partial charge in [0.2, 0.25) is 5.91 Å². The van der Waals surface area contributed by atoms with Crippen molar-refractivity contribution < 1.29 is 19.1 Å². The van der Waals surface area contributed by atoms with Gasteiger partial charge >= 0.3 is 5.97 Å². The molecule has 2 aromatic carbocycles. The Kier molecular flexibility index (Phi) is 5.25. The maximum Gasteiger partial charge on any atom is 0.335 e. The number of carboxylic acids is 1. The molecule has 1 amide bonds. The highest BCUT2D eigenvalue weighted by Crippen LogP contribution is 2.06.